The molecule has 1 aromatic carbocycles. The lowest BCUT2D eigenvalue weighted by Gasteiger charge is -2.38. The summed E-state index contributed by atoms with van der Waals surface area (Å²) in [7, 11) is 1.69. The highest BCUT2D eigenvalue weighted by Gasteiger charge is 2.33. The Morgan fingerprint density at radius 3 is 2.94 bits per heavy atom. The molecule has 16 heavy (non-hydrogen) atoms. The van der Waals surface area contributed by atoms with E-state index in [4.69, 9.17) is 4.74 Å². The van der Waals surface area contributed by atoms with Crippen molar-refractivity contribution in [1.29, 1.82) is 0 Å². The minimum absolute atomic E-state index is 0.180. The van der Waals surface area contributed by atoms with E-state index in [1.807, 2.05) is 6.07 Å². The van der Waals surface area contributed by atoms with Gasteiger partial charge in [0, 0.05) is 7.11 Å². The molecule has 3 heteroatoms. The average Bonchev–Trinajstić information content (AvgIpc) is 2.31. The number of ether oxygens (including phenoxy) is 1. The van der Waals surface area contributed by atoms with Gasteiger partial charge in [-0.3, -0.25) is 0 Å². The Hall–Kier alpha value is -0.930. The number of methoxy groups -OCH3 is 1. The second-order valence-electron chi connectivity index (χ2n) is 4.41. The van der Waals surface area contributed by atoms with Crippen LogP contribution in [0.25, 0.3) is 0 Å². The lowest BCUT2D eigenvalue weighted by atomic mass is 9.83. The van der Waals surface area contributed by atoms with Gasteiger partial charge in [-0.2, -0.15) is 0 Å². The second kappa shape index (κ2) is 4.93. The second-order valence-corrected chi connectivity index (χ2v) is 4.41. The van der Waals surface area contributed by atoms with Crippen molar-refractivity contribution in [2.75, 3.05) is 20.3 Å². The molecule has 1 aromatic rings. The van der Waals surface area contributed by atoms with E-state index >= 15 is 0 Å². The molecule has 1 atom stereocenters. The zero-order valence-electron chi connectivity index (χ0n) is 9.63. The minimum Gasteiger partial charge on any atom is -0.382 e. The molecule has 0 aliphatic carbocycles. The SMILES string of the molecule is COCC1(c2cccc(F)c2)CCCCN1. The normalized spacial score (nSPS) is 25.6. The third-order valence-electron chi connectivity index (χ3n) is 3.26. The molecule has 1 N–H and O–H groups in total. The quantitative estimate of drug-likeness (QED) is 0.849. The van der Waals surface area contributed by atoms with Crippen LogP contribution in [0.5, 0.6) is 0 Å². The molecule has 0 radical (unpaired) electrons. The van der Waals surface area contributed by atoms with E-state index in [9.17, 15) is 4.39 Å². The van der Waals surface area contributed by atoms with Crippen molar-refractivity contribution in [3.05, 3.63) is 35.6 Å². The number of piperidine rings is 1. The molecular weight excluding hydrogens is 205 g/mol. The first-order valence-electron chi connectivity index (χ1n) is 5.77. The van der Waals surface area contributed by atoms with E-state index in [0.717, 1.165) is 24.9 Å². The topological polar surface area (TPSA) is 21.3 Å². The molecule has 0 aromatic heterocycles. The summed E-state index contributed by atoms with van der Waals surface area (Å²) in [4.78, 5) is 0. The zero-order chi connectivity index (χ0) is 11.4. The molecule has 0 spiro atoms. The van der Waals surface area contributed by atoms with Crippen LogP contribution in [0.4, 0.5) is 4.39 Å². The molecular formula is C13H18FNO. The Morgan fingerprint density at radius 2 is 2.31 bits per heavy atom. The molecule has 1 unspecified atom stereocenters. The van der Waals surface area contributed by atoms with Gasteiger partial charge in [-0.25, -0.2) is 4.39 Å². The summed E-state index contributed by atoms with van der Waals surface area (Å²) in [5, 5.41) is 3.49. The van der Waals surface area contributed by atoms with Crippen molar-refractivity contribution in [2.24, 2.45) is 0 Å². The maximum atomic E-state index is 13.3. The number of nitrogens with one attached hydrogen (secondary N) is 1. The fourth-order valence-electron chi connectivity index (χ4n) is 2.45. The lowest BCUT2D eigenvalue weighted by molar-refractivity contribution is 0.0882. The first-order valence-corrected chi connectivity index (χ1v) is 5.77. The van der Waals surface area contributed by atoms with Gasteiger partial charge < -0.3 is 10.1 Å². The van der Waals surface area contributed by atoms with Crippen LogP contribution in [0.1, 0.15) is 24.8 Å². The van der Waals surface area contributed by atoms with Crippen molar-refractivity contribution >= 4 is 0 Å². The molecule has 2 rings (SSSR count). The molecule has 1 aliphatic rings. The molecule has 1 heterocycles. The number of rotatable bonds is 3. The Labute approximate surface area is 95.8 Å². The van der Waals surface area contributed by atoms with Gasteiger partial charge in [0.2, 0.25) is 0 Å². The summed E-state index contributed by atoms with van der Waals surface area (Å²) in [6.45, 7) is 1.57. The summed E-state index contributed by atoms with van der Waals surface area (Å²) in [6, 6.07) is 6.82. The van der Waals surface area contributed by atoms with Crippen LogP contribution in [0, 0.1) is 5.82 Å². The van der Waals surface area contributed by atoms with Crippen LogP contribution in [-0.4, -0.2) is 20.3 Å². The fourth-order valence-corrected chi connectivity index (χ4v) is 2.45. The van der Waals surface area contributed by atoms with E-state index in [0.29, 0.717) is 6.61 Å². The molecule has 1 fully saturated rings. The molecule has 1 aliphatic heterocycles. The van der Waals surface area contributed by atoms with Crippen LogP contribution in [0.2, 0.25) is 0 Å². The Bertz CT molecular complexity index is 342. The van der Waals surface area contributed by atoms with Crippen molar-refractivity contribution < 1.29 is 9.13 Å². The van der Waals surface area contributed by atoms with Crippen molar-refractivity contribution in [3.63, 3.8) is 0 Å². The maximum absolute atomic E-state index is 13.3. The average molecular weight is 223 g/mol. The lowest BCUT2D eigenvalue weighted by Crippen LogP contribution is -2.49. The standard InChI is InChI=1S/C13H18FNO/c1-16-10-13(7-2-3-8-15-13)11-5-4-6-12(14)9-11/h4-6,9,15H,2-3,7-8,10H2,1H3. The predicted octanol–water partition coefficient (Wildman–Crippen LogP) is 2.44. The van der Waals surface area contributed by atoms with Crippen LogP contribution in [-0.2, 0) is 10.3 Å². The van der Waals surface area contributed by atoms with Crippen LogP contribution >= 0.6 is 0 Å². The van der Waals surface area contributed by atoms with Gasteiger partial charge in [0.05, 0.1) is 12.1 Å². The van der Waals surface area contributed by atoms with Gasteiger partial charge in [0.25, 0.3) is 0 Å². The van der Waals surface area contributed by atoms with Crippen LogP contribution in [0.3, 0.4) is 0 Å². The largest absolute Gasteiger partial charge is 0.382 e. The van der Waals surface area contributed by atoms with Crippen LogP contribution < -0.4 is 5.32 Å². The van der Waals surface area contributed by atoms with Gasteiger partial charge in [-0.1, -0.05) is 12.1 Å². The Balaban J connectivity index is 2.30. The molecule has 0 saturated carbocycles. The highest BCUT2D eigenvalue weighted by Crippen LogP contribution is 2.30. The summed E-state index contributed by atoms with van der Waals surface area (Å²) in [5.74, 6) is -0.180. The van der Waals surface area contributed by atoms with E-state index in [-0.39, 0.29) is 11.4 Å². The Kier molecular flexibility index (Phi) is 3.56. The minimum atomic E-state index is -0.199. The zero-order valence-corrected chi connectivity index (χ0v) is 9.63. The number of hydrogen-bond acceptors (Lipinski definition) is 2. The highest BCUT2D eigenvalue weighted by molar-refractivity contribution is 5.26. The maximum Gasteiger partial charge on any atom is 0.123 e. The number of benzene rings is 1. The summed E-state index contributed by atoms with van der Waals surface area (Å²) < 4.78 is 18.6. The Morgan fingerprint density at radius 1 is 1.44 bits per heavy atom. The van der Waals surface area contributed by atoms with Crippen molar-refractivity contribution in [2.45, 2.75) is 24.8 Å². The fraction of sp³-hybridized carbons (Fsp3) is 0.538. The van der Waals surface area contributed by atoms with E-state index in [1.165, 1.54) is 12.5 Å². The third-order valence-corrected chi connectivity index (χ3v) is 3.26. The van der Waals surface area contributed by atoms with Gasteiger partial charge in [0.1, 0.15) is 5.82 Å². The number of hydrogen-bond donors (Lipinski definition) is 1. The van der Waals surface area contributed by atoms with Gasteiger partial charge in [-0.05, 0) is 43.5 Å². The van der Waals surface area contributed by atoms with E-state index < -0.39 is 0 Å². The van der Waals surface area contributed by atoms with Gasteiger partial charge >= 0.3 is 0 Å². The van der Waals surface area contributed by atoms with Gasteiger partial charge in [0.15, 0.2) is 0 Å². The highest BCUT2D eigenvalue weighted by atomic mass is 19.1. The molecule has 1 saturated heterocycles. The first-order chi connectivity index (χ1) is 7.77. The van der Waals surface area contributed by atoms with E-state index in [2.05, 4.69) is 5.32 Å². The van der Waals surface area contributed by atoms with Crippen molar-refractivity contribution in [1.82, 2.24) is 5.32 Å². The molecule has 2 nitrogen and oxygen atoms in total. The summed E-state index contributed by atoms with van der Waals surface area (Å²) >= 11 is 0. The third kappa shape index (κ3) is 2.25. The smallest absolute Gasteiger partial charge is 0.123 e. The van der Waals surface area contributed by atoms with Gasteiger partial charge in [-0.15, -0.1) is 0 Å². The summed E-state index contributed by atoms with van der Waals surface area (Å²) in [5.41, 5.74) is 0.795. The molecule has 88 valence electrons. The number of halogens is 1. The monoisotopic (exact) mass is 223 g/mol. The van der Waals surface area contributed by atoms with Crippen molar-refractivity contribution in [3.8, 4) is 0 Å². The first kappa shape index (κ1) is 11.6. The molecule has 0 bridgehead atoms. The predicted molar refractivity (Wildman–Crippen MR) is 61.8 cm³/mol. The van der Waals surface area contributed by atoms with E-state index in [1.54, 1.807) is 19.2 Å². The molecule has 0 amide bonds. The van der Waals surface area contributed by atoms with Crippen LogP contribution in [0.15, 0.2) is 24.3 Å². The summed E-state index contributed by atoms with van der Waals surface area (Å²) in [6.07, 6.45) is 3.35.